The van der Waals surface area contributed by atoms with Crippen LogP contribution < -0.4 is 5.73 Å². The summed E-state index contributed by atoms with van der Waals surface area (Å²) in [5.41, 5.74) is 9.52. The van der Waals surface area contributed by atoms with Gasteiger partial charge in [-0.1, -0.05) is 6.07 Å². The van der Waals surface area contributed by atoms with E-state index >= 15 is 0 Å². The molecule has 1 fully saturated rings. The number of aromatic nitrogens is 5. The zero-order valence-electron chi connectivity index (χ0n) is 16.6. The Hall–Kier alpha value is -4.30. The molecule has 8 nitrogen and oxygen atoms in total. The Labute approximate surface area is 178 Å². The van der Waals surface area contributed by atoms with Gasteiger partial charge in [-0.05, 0) is 48.7 Å². The number of fused-ring (bicyclic) bond motifs is 1. The lowest BCUT2D eigenvalue weighted by Gasteiger charge is -2.42. The first-order chi connectivity index (χ1) is 15.1. The predicted molar refractivity (Wildman–Crippen MR) is 115 cm³/mol. The maximum atomic E-state index is 9.31. The van der Waals surface area contributed by atoms with Crippen LogP contribution in [-0.2, 0) is 5.54 Å². The molecule has 0 amide bonds. The van der Waals surface area contributed by atoms with Crippen LogP contribution in [0.2, 0.25) is 0 Å². The van der Waals surface area contributed by atoms with E-state index in [2.05, 4.69) is 27.2 Å². The van der Waals surface area contributed by atoms with E-state index in [4.69, 9.17) is 10.8 Å². The van der Waals surface area contributed by atoms with Crippen molar-refractivity contribution in [1.29, 1.82) is 10.5 Å². The van der Waals surface area contributed by atoms with Crippen LogP contribution >= 0.6 is 0 Å². The fourth-order valence-electron chi connectivity index (χ4n) is 4.23. The summed E-state index contributed by atoms with van der Waals surface area (Å²) in [6.45, 7) is 0. The second-order valence-electron chi connectivity index (χ2n) is 7.88. The number of anilines is 1. The second kappa shape index (κ2) is 7.19. The molecule has 0 saturated heterocycles. The van der Waals surface area contributed by atoms with E-state index in [9.17, 15) is 10.5 Å². The highest BCUT2D eigenvalue weighted by atomic mass is 15.5. The smallest absolute Gasteiger partial charge is 0.123 e. The molecule has 3 heterocycles. The van der Waals surface area contributed by atoms with Crippen LogP contribution in [0.3, 0.4) is 0 Å². The van der Waals surface area contributed by atoms with Gasteiger partial charge in [0.1, 0.15) is 11.5 Å². The fraction of sp³-hybridized carbons (Fsp3) is 0.217. The summed E-state index contributed by atoms with van der Waals surface area (Å²) in [5, 5.41) is 28.7. The van der Waals surface area contributed by atoms with Gasteiger partial charge >= 0.3 is 0 Å². The van der Waals surface area contributed by atoms with Gasteiger partial charge in [-0.25, -0.2) is 4.98 Å². The van der Waals surface area contributed by atoms with Crippen molar-refractivity contribution in [2.24, 2.45) is 5.92 Å². The van der Waals surface area contributed by atoms with Gasteiger partial charge in [-0.15, -0.1) is 0 Å². The molecule has 150 valence electrons. The van der Waals surface area contributed by atoms with E-state index in [1.54, 1.807) is 29.5 Å². The van der Waals surface area contributed by atoms with Crippen molar-refractivity contribution in [3.8, 4) is 34.5 Å². The van der Waals surface area contributed by atoms with Crippen molar-refractivity contribution in [2.45, 2.75) is 24.8 Å². The number of hydrogen-bond acceptors (Lipinski definition) is 7. The van der Waals surface area contributed by atoms with Crippen molar-refractivity contribution in [3.63, 3.8) is 0 Å². The Morgan fingerprint density at radius 1 is 1.10 bits per heavy atom. The second-order valence-corrected chi connectivity index (χ2v) is 7.88. The lowest BCUT2D eigenvalue weighted by Crippen LogP contribution is -2.47. The minimum atomic E-state index is -0.514. The molecule has 0 bridgehead atoms. The molecular formula is C23H18N8. The number of nitrogen functional groups attached to an aromatic ring is 1. The molecule has 1 saturated carbocycles. The summed E-state index contributed by atoms with van der Waals surface area (Å²) < 4.78 is 0. The molecular weight excluding hydrogens is 388 g/mol. The zero-order valence-corrected chi connectivity index (χ0v) is 16.6. The van der Waals surface area contributed by atoms with Crippen molar-refractivity contribution in [2.75, 3.05) is 5.73 Å². The standard InChI is InChI=1S/C23H18N8/c24-6-5-23(10-15(11-23)12-25)31-29-14-21(30-31)19-8-17(16-3-4-22(26)28-13-16)9-20-18(19)2-1-7-27-20/h1-4,7-9,13-15H,5,10-11H2,(H2,26,28). The van der Waals surface area contributed by atoms with E-state index in [1.807, 2.05) is 30.3 Å². The van der Waals surface area contributed by atoms with Crippen molar-refractivity contribution < 1.29 is 0 Å². The fourth-order valence-corrected chi connectivity index (χ4v) is 4.23. The van der Waals surface area contributed by atoms with Crippen LogP contribution in [0.1, 0.15) is 19.3 Å². The normalized spacial score (nSPS) is 20.0. The summed E-state index contributed by atoms with van der Waals surface area (Å²) in [6, 6.07) is 16.1. The Kier molecular flexibility index (Phi) is 4.34. The summed E-state index contributed by atoms with van der Waals surface area (Å²) in [4.78, 5) is 10.3. The van der Waals surface area contributed by atoms with Crippen LogP contribution in [0, 0.1) is 28.6 Å². The predicted octanol–water partition coefficient (Wildman–Crippen LogP) is 3.68. The quantitative estimate of drug-likeness (QED) is 0.547. The Balaban J connectivity index is 1.62. The van der Waals surface area contributed by atoms with Gasteiger partial charge in [0, 0.05) is 28.9 Å². The molecule has 0 spiro atoms. The highest BCUT2D eigenvalue weighted by Gasteiger charge is 2.48. The Morgan fingerprint density at radius 2 is 1.97 bits per heavy atom. The third kappa shape index (κ3) is 3.15. The van der Waals surface area contributed by atoms with Crippen LogP contribution in [-0.4, -0.2) is 25.0 Å². The maximum absolute atomic E-state index is 9.31. The number of benzene rings is 1. The topological polar surface area (TPSA) is 130 Å². The average Bonchev–Trinajstić information content (AvgIpc) is 3.26. The molecule has 0 aliphatic heterocycles. The molecule has 0 radical (unpaired) electrons. The summed E-state index contributed by atoms with van der Waals surface area (Å²) in [6.07, 6.45) is 6.66. The van der Waals surface area contributed by atoms with Crippen LogP contribution in [0.15, 0.2) is 55.0 Å². The summed E-state index contributed by atoms with van der Waals surface area (Å²) in [5.74, 6) is 0.402. The average molecular weight is 406 g/mol. The number of nitrogens with zero attached hydrogens (tertiary/aromatic N) is 7. The van der Waals surface area contributed by atoms with E-state index in [1.165, 1.54) is 0 Å². The van der Waals surface area contributed by atoms with Gasteiger partial charge in [0.25, 0.3) is 0 Å². The molecule has 1 aromatic carbocycles. The minimum absolute atomic E-state index is 0.0609. The molecule has 0 atom stereocenters. The number of pyridine rings is 2. The third-order valence-corrected chi connectivity index (χ3v) is 5.88. The van der Waals surface area contributed by atoms with E-state index in [0.717, 1.165) is 27.6 Å². The largest absolute Gasteiger partial charge is 0.384 e. The van der Waals surface area contributed by atoms with Crippen molar-refractivity contribution in [1.82, 2.24) is 25.0 Å². The molecule has 0 unspecified atom stereocenters. The van der Waals surface area contributed by atoms with E-state index in [0.29, 0.717) is 24.4 Å². The Bertz CT molecular complexity index is 1350. The van der Waals surface area contributed by atoms with E-state index < -0.39 is 5.54 Å². The molecule has 2 N–H and O–H groups in total. The monoisotopic (exact) mass is 406 g/mol. The first kappa shape index (κ1) is 18.7. The first-order valence-corrected chi connectivity index (χ1v) is 9.92. The Morgan fingerprint density at radius 3 is 2.71 bits per heavy atom. The number of nitrogens with two attached hydrogens (primary N) is 1. The van der Waals surface area contributed by atoms with Gasteiger partial charge in [0.05, 0.1) is 41.7 Å². The van der Waals surface area contributed by atoms with Crippen LogP contribution in [0.25, 0.3) is 33.3 Å². The third-order valence-electron chi connectivity index (χ3n) is 5.88. The lowest BCUT2D eigenvalue weighted by atomic mass is 9.68. The van der Waals surface area contributed by atoms with Crippen molar-refractivity contribution in [3.05, 3.63) is 55.0 Å². The summed E-state index contributed by atoms with van der Waals surface area (Å²) >= 11 is 0. The lowest BCUT2D eigenvalue weighted by molar-refractivity contribution is 0.0713. The molecule has 31 heavy (non-hydrogen) atoms. The minimum Gasteiger partial charge on any atom is -0.384 e. The number of hydrogen-bond donors (Lipinski definition) is 1. The van der Waals surface area contributed by atoms with Gasteiger partial charge < -0.3 is 5.73 Å². The van der Waals surface area contributed by atoms with Crippen molar-refractivity contribution >= 4 is 16.7 Å². The van der Waals surface area contributed by atoms with E-state index in [-0.39, 0.29) is 12.3 Å². The first-order valence-electron chi connectivity index (χ1n) is 9.92. The van der Waals surface area contributed by atoms with Crippen LogP contribution in [0.5, 0.6) is 0 Å². The molecule has 1 aliphatic rings. The number of nitriles is 2. The SMILES string of the molecule is N#CCC1(n2ncc(-c3cc(-c4ccc(N)nc4)cc4ncccc34)n2)CC(C#N)C1. The van der Waals surface area contributed by atoms with Gasteiger partial charge in [0.15, 0.2) is 0 Å². The molecule has 4 aromatic rings. The van der Waals surface area contributed by atoms with Gasteiger partial charge in [0.2, 0.25) is 0 Å². The van der Waals surface area contributed by atoms with Gasteiger partial charge in [-0.2, -0.15) is 25.5 Å². The maximum Gasteiger partial charge on any atom is 0.123 e. The highest BCUT2D eigenvalue weighted by molar-refractivity contribution is 5.97. The summed E-state index contributed by atoms with van der Waals surface area (Å²) in [7, 11) is 0. The zero-order chi connectivity index (χ0) is 21.4. The van der Waals surface area contributed by atoms with Gasteiger partial charge in [-0.3, -0.25) is 4.98 Å². The molecule has 8 heteroatoms. The number of rotatable bonds is 4. The molecule has 1 aliphatic carbocycles. The molecule has 3 aromatic heterocycles. The van der Waals surface area contributed by atoms with Crippen LogP contribution in [0.4, 0.5) is 5.82 Å². The highest BCUT2D eigenvalue weighted by Crippen LogP contribution is 2.45. The molecule has 5 rings (SSSR count).